The number of fused-ring (bicyclic) bond motifs is 1. The zero-order valence-electron chi connectivity index (χ0n) is 13.4. The highest BCUT2D eigenvalue weighted by Crippen LogP contribution is 2.29. The Bertz CT molecular complexity index is 778. The first-order valence-corrected chi connectivity index (χ1v) is 9.35. The lowest BCUT2D eigenvalue weighted by Gasteiger charge is -2.36. The standard InChI is InChI=1S/C18H20N2O3S/c1-24(23)15-7-4-6-14(11-15)19-18(22)20-10-9-13-5-2-3-8-16(13)17(20)12-21/h2-8,11,17,21H,9-10,12H2,1H3,(H,19,22). The van der Waals surface area contributed by atoms with Crippen LogP contribution in [0.15, 0.2) is 53.4 Å². The minimum absolute atomic E-state index is 0.122. The third-order valence-electron chi connectivity index (χ3n) is 4.26. The van der Waals surface area contributed by atoms with Crippen molar-refractivity contribution in [2.75, 3.05) is 24.7 Å². The van der Waals surface area contributed by atoms with E-state index >= 15 is 0 Å². The van der Waals surface area contributed by atoms with Crippen LogP contribution in [0.1, 0.15) is 17.2 Å². The molecule has 2 amide bonds. The third kappa shape index (κ3) is 3.34. The number of rotatable bonds is 3. The van der Waals surface area contributed by atoms with Crippen LogP contribution in [0.4, 0.5) is 10.5 Å². The molecular weight excluding hydrogens is 324 g/mol. The Hall–Kier alpha value is -2.18. The van der Waals surface area contributed by atoms with Crippen molar-refractivity contribution in [2.24, 2.45) is 0 Å². The number of hydrogen-bond donors (Lipinski definition) is 2. The molecule has 1 aliphatic heterocycles. The van der Waals surface area contributed by atoms with Crippen molar-refractivity contribution >= 4 is 22.5 Å². The molecule has 0 fully saturated rings. The first-order chi connectivity index (χ1) is 11.6. The van der Waals surface area contributed by atoms with Gasteiger partial charge in [0.15, 0.2) is 0 Å². The van der Waals surface area contributed by atoms with Gasteiger partial charge in [-0.15, -0.1) is 0 Å². The Labute approximate surface area is 143 Å². The molecule has 0 aromatic heterocycles. The summed E-state index contributed by atoms with van der Waals surface area (Å²) in [5, 5.41) is 12.6. The Balaban J connectivity index is 1.80. The molecule has 2 N–H and O–H groups in total. The molecule has 3 rings (SSSR count). The number of carbonyl (C=O) groups is 1. The summed E-state index contributed by atoms with van der Waals surface area (Å²) >= 11 is 0. The molecule has 5 nitrogen and oxygen atoms in total. The minimum Gasteiger partial charge on any atom is -0.394 e. The van der Waals surface area contributed by atoms with Gasteiger partial charge in [-0.3, -0.25) is 4.21 Å². The number of aliphatic hydroxyl groups is 1. The fourth-order valence-electron chi connectivity index (χ4n) is 3.04. The van der Waals surface area contributed by atoms with Crippen LogP contribution in [-0.4, -0.2) is 39.7 Å². The molecular formula is C18H20N2O3S. The Kier molecular flexibility index (Phi) is 4.97. The van der Waals surface area contributed by atoms with E-state index in [9.17, 15) is 14.1 Å². The molecule has 0 saturated heterocycles. The van der Waals surface area contributed by atoms with Gasteiger partial charge < -0.3 is 15.3 Å². The van der Waals surface area contributed by atoms with Gasteiger partial charge in [-0.2, -0.15) is 0 Å². The van der Waals surface area contributed by atoms with Crippen molar-refractivity contribution in [1.82, 2.24) is 4.90 Å². The predicted molar refractivity (Wildman–Crippen MR) is 94.5 cm³/mol. The molecule has 1 heterocycles. The topological polar surface area (TPSA) is 69.6 Å². The van der Waals surface area contributed by atoms with Gasteiger partial charge >= 0.3 is 6.03 Å². The van der Waals surface area contributed by atoms with Crippen LogP contribution in [0.25, 0.3) is 0 Å². The lowest BCUT2D eigenvalue weighted by molar-refractivity contribution is 0.135. The van der Waals surface area contributed by atoms with Gasteiger partial charge in [0.05, 0.1) is 12.6 Å². The van der Waals surface area contributed by atoms with Crippen molar-refractivity contribution < 1.29 is 14.1 Å². The van der Waals surface area contributed by atoms with Crippen molar-refractivity contribution in [3.05, 3.63) is 59.7 Å². The van der Waals surface area contributed by atoms with Gasteiger partial charge in [0.25, 0.3) is 0 Å². The summed E-state index contributed by atoms with van der Waals surface area (Å²) in [5.41, 5.74) is 2.76. The summed E-state index contributed by atoms with van der Waals surface area (Å²) in [4.78, 5) is 15.0. The SMILES string of the molecule is CS(=O)c1cccc(NC(=O)N2CCc3ccccc3C2CO)c1. The highest BCUT2D eigenvalue weighted by Gasteiger charge is 2.30. The van der Waals surface area contributed by atoms with E-state index in [4.69, 9.17) is 0 Å². The van der Waals surface area contributed by atoms with Crippen molar-refractivity contribution in [2.45, 2.75) is 17.4 Å². The molecule has 1 aliphatic rings. The number of hydrogen-bond acceptors (Lipinski definition) is 3. The van der Waals surface area contributed by atoms with Gasteiger partial charge in [-0.1, -0.05) is 30.3 Å². The predicted octanol–water partition coefficient (Wildman–Crippen LogP) is 2.55. The highest BCUT2D eigenvalue weighted by molar-refractivity contribution is 7.84. The molecule has 2 unspecified atom stereocenters. The monoisotopic (exact) mass is 344 g/mol. The molecule has 0 spiro atoms. The summed E-state index contributed by atoms with van der Waals surface area (Å²) < 4.78 is 11.6. The molecule has 2 atom stereocenters. The number of carbonyl (C=O) groups excluding carboxylic acids is 1. The molecule has 0 saturated carbocycles. The molecule has 2 aromatic carbocycles. The Morgan fingerprint density at radius 2 is 2.08 bits per heavy atom. The van der Waals surface area contributed by atoms with Crippen molar-refractivity contribution in [1.29, 1.82) is 0 Å². The zero-order valence-corrected chi connectivity index (χ0v) is 14.3. The summed E-state index contributed by atoms with van der Waals surface area (Å²) in [6, 6.07) is 14.3. The van der Waals surface area contributed by atoms with E-state index in [1.54, 1.807) is 35.4 Å². The van der Waals surface area contributed by atoms with E-state index in [1.807, 2.05) is 24.3 Å². The Morgan fingerprint density at radius 3 is 2.83 bits per heavy atom. The summed E-state index contributed by atoms with van der Waals surface area (Å²) in [6.45, 7) is 0.428. The molecule has 0 aliphatic carbocycles. The lowest BCUT2D eigenvalue weighted by atomic mass is 9.93. The van der Waals surface area contributed by atoms with Crippen LogP contribution in [0.5, 0.6) is 0 Å². The van der Waals surface area contributed by atoms with Crippen molar-refractivity contribution in [3.8, 4) is 0 Å². The number of nitrogens with zero attached hydrogens (tertiary/aromatic N) is 1. The van der Waals surface area contributed by atoms with Gasteiger partial charge in [-0.05, 0) is 35.7 Å². The number of benzene rings is 2. The van der Waals surface area contributed by atoms with E-state index in [0.717, 1.165) is 12.0 Å². The van der Waals surface area contributed by atoms with Crippen LogP contribution >= 0.6 is 0 Å². The minimum atomic E-state index is -1.10. The molecule has 0 radical (unpaired) electrons. The average Bonchev–Trinajstić information content (AvgIpc) is 2.60. The van der Waals surface area contributed by atoms with Crippen LogP contribution in [0.3, 0.4) is 0 Å². The van der Waals surface area contributed by atoms with Gasteiger partial charge in [0.1, 0.15) is 0 Å². The summed E-state index contributed by atoms with van der Waals surface area (Å²) in [5.74, 6) is 0. The summed E-state index contributed by atoms with van der Waals surface area (Å²) in [6.07, 6.45) is 2.36. The van der Waals surface area contributed by atoms with Crippen LogP contribution in [0, 0.1) is 0 Å². The quantitative estimate of drug-likeness (QED) is 0.899. The molecule has 2 aromatic rings. The largest absolute Gasteiger partial charge is 0.394 e. The molecule has 0 bridgehead atoms. The third-order valence-corrected chi connectivity index (χ3v) is 5.18. The van der Waals surface area contributed by atoms with Gasteiger partial charge in [0.2, 0.25) is 0 Å². The maximum absolute atomic E-state index is 12.7. The lowest BCUT2D eigenvalue weighted by Crippen LogP contribution is -2.43. The Morgan fingerprint density at radius 1 is 1.29 bits per heavy atom. The van der Waals surface area contributed by atoms with E-state index in [-0.39, 0.29) is 18.7 Å². The number of nitrogens with one attached hydrogen (secondary N) is 1. The van der Waals surface area contributed by atoms with Gasteiger partial charge in [-0.25, -0.2) is 4.79 Å². The normalized spacial score (nSPS) is 17.9. The highest BCUT2D eigenvalue weighted by atomic mass is 32.2. The first-order valence-electron chi connectivity index (χ1n) is 7.80. The second-order valence-electron chi connectivity index (χ2n) is 5.75. The fraction of sp³-hybridized carbons (Fsp3) is 0.278. The molecule has 6 heteroatoms. The maximum Gasteiger partial charge on any atom is 0.322 e. The van der Waals surface area contributed by atoms with Crippen molar-refractivity contribution in [3.63, 3.8) is 0 Å². The maximum atomic E-state index is 12.7. The molecule has 24 heavy (non-hydrogen) atoms. The average molecular weight is 344 g/mol. The second kappa shape index (κ2) is 7.15. The van der Waals surface area contributed by atoms with E-state index in [1.165, 1.54) is 5.56 Å². The number of urea groups is 1. The van der Waals surface area contributed by atoms with Crippen LogP contribution < -0.4 is 5.32 Å². The first kappa shape index (κ1) is 16.7. The van der Waals surface area contributed by atoms with E-state index < -0.39 is 10.8 Å². The van der Waals surface area contributed by atoms with E-state index in [0.29, 0.717) is 17.1 Å². The van der Waals surface area contributed by atoms with Crippen LogP contribution in [0.2, 0.25) is 0 Å². The number of anilines is 1. The molecule has 126 valence electrons. The second-order valence-corrected chi connectivity index (χ2v) is 7.13. The van der Waals surface area contributed by atoms with E-state index in [2.05, 4.69) is 5.32 Å². The number of aliphatic hydroxyl groups excluding tert-OH is 1. The summed E-state index contributed by atoms with van der Waals surface area (Å²) in [7, 11) is -1.10. The number of amides is 2. The fourth-order valence-corrected chi connectivity index (χ4v) is 3.60. The van der Waals surface area contributed by atoms with Crippen LogP contribution in [-0.2, 0) is 17.2 Å². The van der Waals surface area contributed by atoms with Gasteiger partial charge in [0, 0.05) is 34.2 Å². The smallest absolute Gasteiger partial charge is 0.322 e. The zero-order chi connectivity index (χ0) is 17.1.